The predicted octanol–water partition coefficient (Wildman–Crippen LogP) is 0.462. The number of nitrogens with one attached hydrogen (secondary N) is 3. The first-order valence-electron chi connectivity index (χ1n) is 10.2. The Labute approximate surface area is 174 Å². The molecule has 1 aromatic heterocycles. The van der Waals surface area contributed by atoms with E-state index < -0.39 is 5.97 Å². The fourth-order valence-corrected chi connectivity index (χ4v) is 3.84. The number of carbonyl (C=O) groups excluding carboxylic acids is 3. The van der Waals surface area contributed by atoms with Crippen LogP contribution in [0.25, 0.3) is 10.9 Å². The monoisotopic (exact) mass is 417 g/mol. The highest BCUT2D eigenvalue weighted by Gasteiger charge is 2.26. The maximum Gasteiger partial charge on any atom is 0.356 e. The maximum atomic E-state index is 12.7. The summed E-state index contributed by atoms with van der Waals surface area (Å²) in [7, 11) is 1.56. The number of H-pyrrole nitrogens is 1. The molecule has 5 N–H and O–H groups in total. The van der Waals surface area contributed by atoms with Crippen molar-refractivity contribution in [1.82, 2.24) is 4.98 Å². The van der Waals surface area contributed by atoms with Gasteiger partial charge in [-0.15, -0.1) is 0 Å². The molecule has 2 amide bonds. The molecular weight excluding hydrogens is 388 g/mol. The van der Waals surface area contributed by atoms with Crippen LogP contribution in [0.15, 0.2) is 18.2 Å². The average Bonchev–Trinajstić information content (AvgIpc) is 3.10. The molecule has 1 fully saturated rings. The largest absolute Gasteiger partial charge is 0.497 e. The van der Waals surface area contributed by atoms with Crippen LogP contribution in [-0.4, -0.2) is 56.1 Å². The van der Waals surface area contributed by atoms with E-state index in [-0.39, 0.29) is 30.0 Å². The van der Waals surface area contributed by atoms with E-state index in [1.54, 1.807) is 32.2 Å². The van der Waals surface area contributed by atoms with Gasteiger partial charge in [0.2, 0.25) is 11.8 Å². The Morgan fingerprint density at radius 1 is 1.27 bits per heavy atom. The van der Waals surface area contributed by atoms with Crippen LogP contribution < -0.4 is 20.7 Å². The number of aromatic amines is 1. The molecule has 3 rings (SSSR count). The lowest BCUT2D eigenvalue weighted by molar-refractivity contribution is -0.905. The lowest BCUT2D eigenvalue weighted by atomic mass is 9.96. The van der Waals surface area contributed by atoms with Crippen molar-refractivity contribution in [3.05, 3.63) is 23.9 Å². The van der Waals surface area contributed by atoms with Crippen LogP contribution in [-0.2, 0) is 14.3 Å². The van der Waals surface area contributed by atoms with Gasteiger partial charge in [0.15, 0.2) is 0 Å². The van der Waals surface area contributed by atoms with Gasteiger partial charge in [-0.1, -0.05) is 0 Å². The SMILES string of the molecule is CCOC(=O)c1[nH]c2ccc(OC)cc2c1NC(=O)CC[NH+]1CCC(C(N)=O)CC1. The zero-order chi connectivity index (χ0) is 21.7. The Balaban J connectivity index is 1.70. The second-order valence-electron chi connectivity index (χ2n) is 7.48. The number of nitrogens with two attached hydrogens (primary N) is 1. The zero-order valence-electron chi connectivity index (χ0n) is 17.4. The van der Waals surface area contributed by atoms with Crippen LogP contribution in [0.2, 0.25) is 0 Å². The molecule has 162 valence electrons. The minimum atomic E-state index is -0.526. The van der Waals surface area contributed by atoms with Crippen LogP contribution in [0.3, 0.4) is 0 Å². The van der Waals surface area contributed by atoms with Crippen molar-refractivity contribution in [3.8, 4) is 5.75 Å². The molecule has 1 aromatic carbocycles. The summed E-state index contributed by atoms with van der Waals surface area (Å²) in [6.07, 6.45) is 1.80. The number of quaternary nitrogens is 1. The number of carbonyl (C=O) groups is 3. The van der Waals surface area contributed by atoms with Gasteiger partial charge in [0.1, 0.15) is 11.4 Å². The summed E-state index contributed by atoms with van der Waals surface area (Å²) in [5, 5.41) is 3.56. The van der Waals surface area contributed by atoms with Crippen LogP contribution >= 0.6 is 0 Å². The van der Waals surface area contributed by atoms with E-state index in [1.165, 1.54) is 4.90 Å². The van der Waals surface area contributed by atoms with Crippen molar-refractivity contribution in [2.24, 2.45) is 11.7 Å². The molecule has 9 heteroatoms. The molecule has 0 saturated carbocycles. The number of ether oxygens (including phenoxy) is 2. The first-order valence-corrected chi connectivity index (χ1v) is 10.2. The molecule has 30 heavy (non-hydrogen) atoms. The second kappa shape index (κ2) is 9.62. The normalized spacial score (nSPS) is 18.7. The van der Waals surface area contributed by atoms with Gasteiger partial charge in [-0.05, 0) is 25.1 Å². The molecule has 1 aliphatic rings. The number of benzene rings is 1. The highest BCUT2D eigenvalue weighted by atomic mass is 16.5. The molecule has 0 atom stereocenters. The number of fused-ring (bicyclic) bond motifs is 1. The molecular formula is C21H29N4O5+. The summed E-state index contributed by atoms with van der Waals surface area (Å²) in [4.78, 5) is 40.6. The fraction of sp³-hybridized carbons (Fsp3) is 0.476. The molecule has 9 nitrogen and oxygen atoms in total. The van der Waals surface area contributed by atoms with Gasteiger partial charge >= 0.3 is 5.97 Å². The third-order valence-corrected chi connectivity index (χ3v) is 5.55. The topological polar surface area (TPSA) is 128 Å². The van der Waals surface area contributed by atoms with E-state index in [0.29, 0.717) is 35.3 Å². The Kier molecular flexibility index (Phi) is 6.94. The number of anilines is 1. The molecule has 0 bridgehead atoms. The lowest BCUT2D eigenvalue weighted by Crippen LogP contribution is -3.13. The standard InChI is InChI=1S/C21H28N4O5/c1-3-30-21(28)19-18(15-12-14(29-2)4-5-16(15)23-19)24-17(26)8-11-25-9-6-13(7-10-25)20(22)27/h4-5,12-13,23H,3,6-11H2,1-2H3,(H2,22,27)(H,24,26)/p+1. The van der Waals surface area contributed by atoms with E-state index in [1.807, 2.05) is 0 Å². The summed E-state index contributed by atoms with van der Waals surface area (Å²) in [6, 6.07) is 5.34. The van der Waals surface area contributed by atoms with Crippen LogP contribution in [0.5, 0.6) is 5.75 Å². The number of hydrogen-bond acceptors (Lipinski definition) is 5. The zero-order valence-corrected chi connectivity index (χ0v) is 17.4. The third-order valence-electron chi connectivity index (χ3n) is 5.55. The average molecular weight is 417 g/mol. The third kappa shape index (κ3) is 4.91. The van der Waals surface area contributed by atoms with Gasteiger partial charge in [-0.3, -0.25) is 9.59 Å². The molecule has 2 heterocycles. The minimum Gasteiger partial charge on any atom is -0.497 e. The quantitative estimate of drug-likeness (QED) is 0.464. The van der Waals surface area contributed by atoms with Gasteiger partial charge in [0, 0.05) is 29.7 Å². The van der Waals surface area contributed by atoms with Crippen molar-refractivity contribution in [2.45, 2.75) is 26.2 Å². The number of amides is 2. The van der Waals surface area contributed by atoms with Crippen molar-refractivity contribution in [3.63, 3.8) is 0 Å². The summed E-state index contributed by atoms with van der Waals surface area (Å²) < 4.78 is 10.4. The number of likely N-dealkylation sites (tertiary alicyclic amines) is 1. The molecule has 0 radical (unpaired) electrons. The number of aromatic nitrogens is 1. The number of methoxy groups -OCH3 is 1. The van der Waals surface area contributed by atoms with Crippen molar-refractivity contribution in [1.29, 1.82) is 0 Å². The first-order chi connectivity index (χ1) is 14.4. The van der Waals surface area contributed by atoms with Crippen LogP contribution in [0.1, 0.15) is 36.7 Å². The molecule has 1 saturated heterocycles. The van der Waals surface area contributed by atoms with E-state index in [2.05, 4.69) is 10.3 Å². The molecule has 0 unspecified atom stereocenters. The number of hydrogen-bond donors (Lipinski definition) is 4. The first kappa shape index (κ1) is 21.6. The lowest BCUT2D eigenvalue weighted by Gasteiger charge is -2.27. The summed E-state index contributed by atoms with van der Waals surface area (Å²) in [5.41, 5.74) is 6.69. The summed E-state index contributed by atoms with van der Waals surface area (Å²) in [6.45, 7) is 4.25. The highest BCUT2D eigenvalue weighted by Crippen LogP contribution is 2.31. The Morgan fingerprint density at radius 3 is 2.63 bits per heavy atom. The number of rotatable bonds is 8. The second-order valence-corrected chi connectivity index (χ2v) is 7.48. The predicted molar refractivity (Wildman–Crippen MR) is 112 cm³/mol. The van der Waals surface area contributed by atoms with E-state index in [0.717, 1.165) is 25.9 Å². The highest BCUT2D eigenvalue weighted by molar-refractivity contribution is 6.11. The van der Waals surface area contributed by atoms with Crippen LogP contribution in [0.4, 0.5) is 5.69 Å². The summed E-state index contributed by atoms with van der Waals surface area (Å²) in [5.74, 6) is -0.394. The number of primary amides is 1. The fourth-order valence-electron chi connectivity index (χ4n) is 3.84. The van der Waals surface area contributed by atoms with Gasteiger partial charge < -0.3 is 30.4 Å². The van der Waals surface area contributed by atoms with Crippen molar-refractivity contribution >= 4 is 34.4 Å². The van der Waals surface area contributed by atoms with E-state index in [9.17, 15) is 14.4 Å². The van der Waals surface area contributed by atoms with Crippen molar-refractivity contribution < 1.29 is 28.8 Å². The van der Waals surface area contributed by atoms with E-state index in [4.69, 9.17) is 15.2 Å². The molecule has 0 spiro atoms. The molecule has 0 aliphatic carbocycles. The van der Waals surface area contributed by atoms with Crippen molar-refractivity contribution in [2.75, 3.05) is 38.7 Å². The Bertz CT molecular complexity index is 931. The number of piperidine rings is 1. The minimum absolute atomic E-state index is 0.0593. The van der Waals surface area contributed by atoms with Gasteiger partial charge in [-0.25, -0.2) is 4.79 Å². The molecule has 1 aliphatic heterocycles. The summed E-state index contributed by atoms with van der Waals surface area (Å²) >= 11 is 0. The van der Waals surface area contributed by atoms with E-state index >= 15 is 0 Å². The maximum absolute atomic E-state index is 12.7. The van der Waals surface area contributed by atoms with Gasteiger partial charge in [-0.2, -0.15) is 0 Å². The Hall–Kier alpha value is -3.07. The van der Waals surface area contributed by atoms with Gasteiger partial charge in [0.25, 0.3) is 0 Å². The van der Waals surface area contributed by atoms with Gasteiger partial charge in [0.05, 0.1) is 45.5 Å². The molecule has 2 aromatic rings. The number of esters is 1. The smallest absolute Gasteiger partial charge is 0.356 e. The Morgan fingerprint density at radius 2 is 2.00 bits per heavy atom. The van der Waals surface area contributed by atoms with Crippen LogP contribution in [0, 0.1) is 5.92 Å².